The molecule has 1 heterocycles. The van der Waals surface area contributed by atoms with Crippen molar-refractivity contribution in [2.75, 3.05) is 33.3 Å². The highest BCUT2D eigenvalue weighted by Crippen LogP contribution is 2.34. The smallest absolute Gasteiger partial charge is 0.118 e. The Kier molecular flexibility index (Phi) is 6.54. The molecule has 0 amide bonds. The van der Waals surface area contributed by atoms with Crippen molar-refractivity contribution in [1.82, 2.24) is 10.2 Å². The molecule has 0 unspecified atom stereocenters. The second kappa shape index (κ2) is 8.19. The summed E-state index contributed by atoms with van der Waals surface area (Å²) in [5, 5.41) is 3.63. The first-order valence-electron chi connectivity index (χ1n) is 8.41. The molecule has 4 heteroatoms. The Labute approximate surface area is 140 Å². The molecule has 22 heavy (non-hydrogen) atoms. The highest BCUT2D eigenvalue weighted by molar-refractivity contribution is 5.85. The van der Waals surface area contributed by atoms with Crippen molar-refractivity contribution in [3.05, 3.63) is 29.8 Å². The second-order valence-electron chi connectivity index (χ2n) is 6.55. The predicted molar refractivity (Wildman–Crippen MR) is 94.2 cm³/mol. The zero-order chi connectivity index (χ0) is 14.5. The maximum absolute atomic E-state index is 5.23. The van der Waals surface area contributed by atoms with Crippen LogP contribution in [0.3, 0.4) is 0 Å². The van der Waals surface area contributed by atoms with E-state index in [4.69, 9.17) is 4.74 Å². The zero-order valence-corrected chi connectivity index (χ0v) is 14.5. The van der Waals surface area contributed by atoms with Crippen LogP contribution in [-0.4, -0.2) is 43.7 Å². The van der Waals surface area contributed by atoms with Gasteiger partial charge in [-0.05, 0) is 37.0 Å². The fourth-order valence-electron chi connectivity index (χ4n) is 3.99. The zero-order valence-electron chi connectivity index (χ0n) is 13.6. The van der Waals surface area contributed by atoms with Gasteiger partial charge in [-0.1, -0.05) is 31.4 Å². The van der Waals surface area contributed by atoms with Gasteiger partial charge in [0.05, 0.1) is 7.11 Å². The van der Waals surface area contributed by atoms with Crippen LogP contribution in [0.1, 0.15) is 37.7 Å². The average Bonchev–Trinajstić information content (AvgIpc) is 2.55. The van der Waals surface area contributed by atoms with Gasteiger partial charge in [-0.25, -0.2) is 0 Å². The number of nitrogens with one attached hydrogen (secondary N) is 1. The molecule has 1 aliphatic heterocycles. The van der Waals surface area contributed by atoms with E-state index in [1.165, 1.54) is 57.3 Å². The first kappa shape index (κ1) is 17.6. The molecule has 1 saturated heterocycles. The highest BCUT2D eigenvalue weighted by atomic mass is 35.5. The van der Waals surface area contributed by atoms with Crippen LogP contribution in [0, 0.1) is 0 Å². The van der Waals surface area contributed by atoms with Crippen molar-refractivity contribution >= 4 is 12.4 Å². The molecular formula is C18H29ClN2O. The van der Waals surface area contributed by atoms with Crippen LogP contribution in [0.2, 0.25) is 0 Å². The summed E-state index contributed by atoms with van der Waals surface area (Å²) in [6, 6.07) is 8.55. The van der Waals surface area contributed by atoms with Crippen molar-refractivity contribution in [2.24, 2.45) is 0 Å². The van der Waals surface area contributed by atoms with Gasteiger partial charge in [-0.15, -0.1) is 12.4 Å². The molecular weight excluding hydrogens is 296 g/mol. The summed E-state index contributed by atoms with van der Waals surface area (Å²) in [5.74, 6) is 0.949. The molecule has 0 aromatic heterocycles. The molecule has 0 atom stereocenters. The standard InChI is InChI=1S/C18H28N2O.ClH/c1-21-17-7-5-16(6-8-17)9-13-20-14-12-19-15-18(20)10-3-2-4-11-18;/h5-8,19H,2-4,9-15H2,1H3;1H. The molecule has 2 aliphatic rings. The Balaban J connectivity index is 0.00000176. The van der Waals surface area contributed by atoms with E-state index in [-0.39, 0.29) is 12.4 Å². The van der Waals surface area contributed by atoms with Crippen LogP contribution in [-0.2, 0) is 6.42 Å². The summed E-state index contributed by atoms with van der Waals surface area (Å²) in [5.41, 5.74) is 1.86. The number of benzene rings is 1. The van der Waals surface area contributed by atoms with Gasteiger partial charge >= 0.3 is 0 Å². The molecule has 3 rings (SSSR count). The number of nitrogens with zero attached hydrogens (tertiary/aromatic N) is 1. The third-order valence-corrected chi connectivity index (χ3v) is 5.30. The lowest BCUT2D eigenvalue weighted by atomic mass is 9.79. The molecule has 124 valence electrons. The van der Waals surface area contributed by atoms with E-state index < -0.39 is 0 Å². The number of halogens is 1. The van der Waals surface area contributed by atoms with Crippen molar-refractivity contribution in [3.8, 4) is 5.75 Å². The van der Waals surface area contributed by atoms with E-state index >= 15 is 0 Å². The molecule has 0 bridgehead atoms. The van der Waals surface area contributed by atoms with Crippen molar-refractivity contribution in [2.45, 2.75) is 44.1 Å². The van der Waals surface area contributed by atoms with E-state index in [9.17, 15) is 0 Å². The van der Waals surface area contributed by atoms with Gasteiger partial charge in [-0.2, -0.15) is 0 Å². The van der Waals surface area contributed by atoms with Gasteiger partial charge in [0.15, 0.2) is 0 Å². The summed E-state index contributed by atoms with van der Waals surface area (Å²) in [7, 11) is 1.72. The summed E-state index contributed by atoms with van der Waals surface area (Å²) >= 11 is 0. The van der Waals surface area contributed by atoms with Crippen molar-refractivity contribution in [1.29, 1.82) is 0 Å². The molecule has 1 aromatic rings. The van der Waals surface area contributed by atoms with Gasteiger partial charge in [0.2, 0.25) is 0 Å². The lowest BCUT2D eigenvalue weighted by molar-refractivity contribution is 0.0286. The maximum Gasteiger partial charge on any atom is 0.118 e. The largest absolute Gasteiger partial charge is 0.497 e. The third kappa shape index (κ3) is 3.95. The summed E-state index contributed by atoms with van der Waals surface area (Å²) in [6.07, 6.45) is 8.13. The minimum atomic E-state index is 0. The van der Waals surface area contributed by atoms with Crippen LogP contribution in [0.5, 0.6) is 5.75 Å². The fraction of sp³-hybridized carbons (Fsp3) is 0.667. The lowest BCUT2D eigenvalue weighted by Crippen LogP contribution is -2.62. The summed E-state index contributed by atoms with van der Waals surface area (Å²) in [4.78, 5) is 2.77. The number of ether oxygens (including phenoxy) is 1. The SMILES string of the molecule is COc1ccc(CCN2CCNCC23CCCCC3)cc1.Cl. The fourth-order valence-corrected chi connectivity index (χ4v) is 3.99. The monoisotopic (exact) mass is 324 g/mol. The van der Waals surface area contributed by atoms with E-state index in [0.29, 0.717) is 5.54 Å². The maximum atomic E-state index is 5.23. The number of hydrogen-bond donors (Lipinski definition) is 1. The number of hydrogen-bond acceptors (Lipinski definition) is 3. The number of methoxy groups -OCH3 is 1. The molecule has 0 radical (unpaired) electrons. The van der Waals surface area contributed by atoms with Crippen molar-refractivity contribution in [3.63, 3.8) is 0 Å². The number of rotatable bonds is 4. The third-order valence-electron chi connectivity index (χ3n) is 5.30. The van der Waals surface area contributed by atoms with Crippen LogP contribution in [0.4, 0.5) is 0 Å². The minimum absolute atomic E-state index is 0. The van der Waals surface area contributed by atoms with E-state index in [1.807, 2.05) is 0 Å². The summed E-state index contributed by atoms with van der Waals surface area (Å²) < 4.78 is 5.23. The number of piperazine rings is 1. The Morgan fingerprint density at radius 1 is 1.14 bits per heavy atom. The van der Waals surface area contributed by atoms with E-state index in [0.717, 1.165) is 18.7 Å². The molecule has 2 fully saturated rings. The van der Waals surface area contributed by atoms with Gasteiger partial charge in [0.1, 0.15) is 5.75 Å². The van der Waals surface area contributed by atoms with Gasteiger partial charge in [0, 0.05) is 31.7 Å². The second-order valence-corrected chi connectivity index (χ2v) is 6.55. The minimum Gasteiger partial charge on any atom is -0.497 e. The Bertz CT molecular complexity index is 435. The van der Waals surface area contributed by atoms with Gasteiger partial charge in [0.25, 0.3) is 0 Å². The van der Waals surface area contributed by atoms with Crippen LogP contribution >= 0.6 is 12.4 Å². The quantitative estimate of drug-likeness (QED) is 0.920. The molecule has 1 N–H and O–H groups in total. The lowest BCUT2D eigenvalue weighted by Gasteiger charge is -2.50. The molecule has 1 spiro atoms. The van der Waals surface area contributed by atoms with Crippen LogP contribution in [0.15, 0.2) is 24.3 Å². The van der Waals surface area contributed by atoms with E-state index in [2.05, 4.69) is 34.5 Å². The van der Waals surface area contributed by atoms with E-state index in [1.54, 1.807) is 7.11 Å². The average molecular weight is 325 g/mol. The Hall–Kier alpha value is -0.770. The normalized spacial score (nSPS) is 21.3. The predicted octanol–water partition coefficient (Wildman–Crippen LogP) is 3.27. The highest BCUT2D eigenvalue weighted by Gasteiger charge is 2.39. The molecule has 3 nitrogen and oxygen atoms in total. The van der Waals surface area contributed by atoms with Gasteiger partial charge < -0.3 is 10.1 Å². The topological polar surface area (TPSA) is 24.5 Å². The Morgan fingerprint density at radius 2 is 1.86 bits per heavy atom. The van der Waals surface area contributed by atoms with Gasteiger partial charge in [-0.3, -0.25) is 4.90 Å². The molecule has 1 saturated carbocycles. The first-order valence-corrected chi connectivity index (χ1v) is 8.41. The molecule has 1 aromatic carbocycles. The first-order chi connectivity index (χ1) is 10.3. The van der Waals surface area contributed by atoms with Crippen LogP contribution < -0.4 is 10.1 Å². The summed E-state index contributed by atoms with van der Waals surface area (Å²) in [6.45, 7) is 4.73. The van der Waals surface area contributed by atoms with Crippen molar-refractivity contribution < 1.29 is 4.74 Å². The molecule has 1 aliphatic carbocycles. The van der Waals surface area contributed by atoms with Crippen LogP contribution in [0.25, 0.3) is 0 Å². The Morgan fingerprint density at radius 3 is 2.55 bits per heavy atom.